The van der Waals surface area contributed by atoms with Gasteiger partial charge in [0.25, 0.3) is 5.69 Å². The zero-order valence-corrected chi connectivity index (χ0v) is 17.2. The van der Waals surface area contributed by atoms with Gasteiger partial charge in [-0.2, -0.15) is 0 Å². The number of rotatable bonds is 9. The van der Waals surface area contributed by atoms with Crippen molar-refractivity contribution in [3.63, 3.8) is 0 Å². The summed E-state index contributed by atoms with van der Waals surface area (Å²) in [5.74, 6) is 0.335. The lowest BCUT2D eigenvalue weighted by molar-refractivity contribution is -0.386. The lowest BCUT2D eigenvalue weighted by Crippen LogP contribution is -2.17. The summed E-state index contributed by atoms with van der Waals surface area (Å²) in [6.07, 6.45) is 2.80. The van der Waals surface area contributed by atoms with Gasteiger partial charge < -0.3 is 9.47 Å². The number of pyridine rings is 1. The molecule has 0 aliphatic carbocycles. The second-order valence-electron chi connectivity index (χ2n) is 6.57. The predicted octanol–water partition coefficient (Wildman–Crippen LogP) is 3.08. The Hall–Kier alpha value is -2.68. The summed E-state index contributed by atoms with van der Waals surface area (Å²) < 4.78 is 34.9. The van der Waals surface area contributed by atoms with Crippen molar-refractivity contribution in [1.82, 2.24) is 4.98 Å². The lowest BCUT2D eigenvalue weighted by atomic mass is 9.94. The molecule has 2 aromatic rings. The Kier molecular flexibility index (Phi) is 6.95. The summed E-state index contributed by atoms with van der Waals surface area (Å²) in [6, 6.07) is 6.61. The minimum atomic E-state index is -3.34. The van der Waals surface area contributed by atoms with Crippen molar-refractivity contribution in [2.75, 3.05) is 25.7 Å². The maximum Gasteiger partial charge on any atom is 0.291 e. The van der Waals surface area contributed by atoms with Crippen LogP contribution in [0, 0.1) is 17.0 Å². The zero-order valence-electron chi connectivity index (χ0n) is 16.3. The van der Waals surface area contributed by atoms with Gasteiger partial charge in [0.1, 0.15) is 15.5 Å². The van der Waals surface area contributed by atoms with E-state index >= 15 is 0 Å². The van der Waals surface area contributed by atoms with Crippen LogP contribution in [-0.2, 0) is 16.3 Å². The Bertz CT molecular complexity index is 959. The molecule has 2 rings (SSSR count). The highest BCUT2D eigenvalue weighted by molar-refractivity contribution is 7.90. The fourth-order valence-corrected chi connectivity index (χ4v) is 4.03. The molecule has 28 heavy (non-hydrogen) atoms. The third-order valence-electron chi connectivity index (χ3n) is 4.18. The molecule has 1 aromatic carbocycles. The highest BCUT2D eigenvalue weighted by Gasteiger charge is 2.25. The first-order chi connectivity index (χ1) is 13.1. The summed E-state index contributed by atoms with van der Waals surface area (Å²) in [5, 5.41) is 11.4. The summed E-state index contributed by atoms with van der Waals surface area (Å²) in [5.41, 5.74) is 1.49. The molecule has 8 nitrogen and oxygen atoms in total. The second kappa shape index (κ2) is 9.01. The number of sulfone groups is 1. The molecule has 0 saturated carbocycles. The first kappa shape index (κ1) is 21.6. The van der Waals surface area contributed by atoms with Crippen LogP contribution in [0.1, 0.15) is 29.7 Å². The number of benzene rings is 1. The SMILES string of the molecule is CCOc1cc([C@H](Cc2ncc(C)cc2[N+](=O)[O-])CS(C)(=O)=O)ccc1OC. The largest absolute Gasteiger partial charge is 0.493 e. The number of aromatic nitrogens is 1. The van der Waals surface area contributed by atoms with Crippen molar-refractivity contribution < 1.29 is 22.8 Å². The van der Waals surface area contributed by atoms with Crippen molar-refractivity contribution in [1.29, 1.82) is 0 Å². The van der Waals surface area contributed by atoms with Gasteiger partial charge in [-0.1, -0.05) is 6.07 Å². The highest BCUT2D eigenvalue weighted by Crippen LogP contribution is 2.34. The van der Waals surface area contributed by atoms with Crippen LogP contribution in [-0.4, -0.2) is 44.1 Å². The fourth-order valence-electron chi connectivity index (χ4n) is 2.98. The third-order valence-corrected chi connectivity index (χ3v) is 5.19. The van der Waals surface area contributed by atoms with Crippen LogP contribution < -0.4 is 9.47 Å². The first-order valence-corrected chi connectivity index (χ1v) is 10.8. The Morgan fingerprint density at radius 1 is 1.25 bits per heavy atom. The molecule has 9 heteroatoms. The molecule has 0 radical (unpaired) electrons. The van der Waals surface area contributed by atoms with Gasteiger partial charge in [-0.25, -0.2) is 8.42 Å². The molecule has 0 fully saturated rings. The van der Waals surface area contributed by atoms with E-state index in [1.165, 1.54) is 13.2 Å². The van der Waals surface area contributed by atoms with E-state index in [0.29, 0.717) is 29.2 Å². The van der Waals surface area contributed by atoms with E-state index in [0.717, 1.165) is 6.26 Å². The van der Waals surface area contributed by atoms with Crippen LogP contribution in [0.4, 0.5) is 5.69 Å². The summed E-state index contributed by atoms with van der Waals surface area (Å²) in [7, 11) is -1.82. The topological polar surface area (TPSA) is 109 Å². The molecule has 1 aromatic heterocycles. The van der Waals surface area contributed by atoms with Crippen LogP contribution in [0.15, 0.2) is 30.5 Å². The van der Waals surface area contributed by atoms with Gasteiger partial charge in [-0.3, -0.25) is 15.1 Å². The van der Waals surface area contributed by atoms with Crippen LogP contribution in [0.3, 0.4) is 0 Å². The molecular weight excluding hydrogens is 384 g/mol. The molecule has 0 saturated heterocycles. The molecule has 0 amide bonds. The van der Waals surface area contributed by atoms with Gasteiger partial charge >= 0.3 is 0 Å². The van der Waals surface area contributed by atoms with Crippen molar-refractivity contribution >= 4 is 15.5 Å². The summed E-state index contributed by atoms with van der Waals surface area (Å²) >= 11 is 0. The molecular formula is C19H24N2O6S. The molecule has 1 heterocycles. The number of nitrogens with zero attached hydrogens (tertiary/aromatic N) is 2. The quantitative estimate of drug-likeness (QED) is 0.463. The van der Waals surface area contributed by atoms with Crippen molar-refractivity contribution in [3.05, 3.63) is 57.4 Å². The van der Waals surface area contributed by atoms with Crippen LogP contribution in [0.25, 0.3) is 0 Å². The molecule has 0 N–H and O–H groups in total. The number of ether oxygens (including phenoxy) is 2. The van der Waals surface area contributed by atoms with Gasteiger partial charge in [0.05, 0.1) is 24.4 Å². The molecule has 1 atom stereocenters. The Balaban J connectivity index is 2.50. The number of aryl methyl sites for hydroxylation is 1. The number of hydrogen-bond acceptors (Lipinski definition) is 7. The van der Waals surface area contributed by atoms with Gasteiger partial charge in [0.2, 0.25) is 0 Å². The molecule has 0 aliphatic rings. The smallest absolute Gasteiger partial charge is 0.291 e. The van der Waals surface area contributed by atoms with E-state index in [1.807, 2.05) is 6.92 Å². The maximum absolute atomic E-state index is 12.0. The lowest BCUT2D eigenvalue weighted by Gasteiger charge is -2.18. The average molecular weight is 408 g/mol. The van der Waals surface area contributed by atoms with Crippen LogP contribution in [0.2, 0.25) is 0 Å². The Labute approximate surface area is 164 Å². The fraction of sp³-hybridized carbons (Fsp3) is 0.421. The summed E-state index contributed by atoms with van der Waals surface area (Å²) in [4.78, 5) is 15.1. The first-order valence-electron chi connectivity index (χ1n) is 8.73. The molecule has 152 valence electrons. The van der Waals surface area contributed by atoms with E-state index in [1.54, 1.807) is 31.3 Å². The molecule has 0 unspecified atom stereocenters. The Morgan fingerprint density at radius 2 is 1.96 bits per heavy atom. The second-order valence-corrected chi connectivity index (χ2v) is 8.76. The Morgan fingerprint density at radius 3 is 2.54 bits per heavy atom. The number of hydrogen-bond donors (Lipinski definition) is 0. The number of methoxy groups -OCH3 is 1. The third kappa shape index (κ3) is 5.66. The highest BCUT2D eigenvalue weighted by atomic mass is 32.2. The number of nitro groups is 1. The van der Waals surface area contributed by atoms with E-state index in [-0.39, 0.29) is 23.6 Å². The van der Waals surface area contributed by atoms with Gasteiger partial charge in [0, 0.05) is 30.9 Å². The minimum absolute atomic E-state index is 0.113. The van der Waals surface area contributed by atoms with Crippen molar-refractivity contribution in [2.24, 2.45) is 0 Å². The molecule has 0 spiro atoms. The van der Waals surface area contributed by atoms with E-state index < -0.39 is 20.7 Å². The average Bonchev–Trinajstić information content (AvgIpc) is 2.61. The van der Waals surface area contributed by atoms with Crippen LogP contribution in [0.5, 0.6) is 11.5 Å². The van der Waals surface area contributed by atoms with E-state index in [2.05, 4.69) is 4.98 Å². The zero-order chi connectivity index (χ0) is 20.9. The molecule has 0 bridgehead atoms. The van der Waals surface area contributed by atoms with Gasteiger partial charge in [-0.15, -0.1) is 0 Å². The monoisotopic (exact) mass is 408 g/mol. The van der Waals surface area contributed by atoms with Crippen molar-refractivity contribution in [3.8, 4) is 11.5 Å². The van der Waals surface area contributed by atoms with Crippen molar-refractivity contribution in [2.45, 2.75) is 26.2 Å². The van der Waals surface area contributed by atoms with Gasteiger partial charge in [-0.05, 0) is 37.1 Å². The van der Waals surface area contributed by atoms with E-state index in [9.17, 15) is 18.5 Å². The predicted molar refractivity (Wildman–Crippen MR) is 106 cm³/mol. The minimum Gasteiger partial charge on any atom is -0.493 e. The van der Waals surface area contributed by atoms with E-state index in [4.69, 9.17) is 9.47 Å². The van der Waals surface area contributed by atoms with Gasteiger partial charge in [0.15, 0.2) is 11.5 Å². The molecule has 0 aliphatic heterocycles. The summed E-state index contributed by atoms with van der Waals surface area (Å²) in [6.45, 7) is 3.97. The standard InChI is InChI=1S/C19H24N2O6S/c1-5-27-19-10-14(6-7-18(19)26-3)15(12-28(4,24)25)9-16-17(21(22)23)8-13(2)11-20-16/h6-8,10-11,15H,5,9,12H2,1-4H3/t15-/m1/s1. The van der Waals surface area contributed by atoms with Crippen LogP contribution >= 0.6 is 0 Å². The maximum atomic E-state index is 12.0. The normalized spacial score (nSPS) is 12.4.